The van der Waals surface area contributed by atoms with Crippen LogP contribution in [0.3, 0.4) is 0 Å². The van der Waals surface area contributed by atoms with E-state index in [9.17, 15) is 0 Å². The fourth-order valence-electron chi connectivity index (χ4n) is 2.99. The molecule has 0 amide bonds. The van der Waals surface area contributed by atoms with Crippen molar-refractivity contribution in [1.29, 1.82) is 0 Å². The summed E-state index contributed by atoms with van der Waals surface area (Å²) in [6.07, 6.45) is 1.09. The molecule has 23 heavy (non-hydrogen) atoms. The third-order valence-corrected chi connectivity index (χ3v) is 4.64. The summed E-state index contributed by atoms with van der Waals surface area (Å²) in [7, 11) is 2.20. The van der Waals surface area contributed by atoms with E-state index < -0.39 is 0 Å². The molecule has 0 bridgehead atoms. The number of likely N-dealkylation sites (N-methyl/N-ethyl adjacent to an activating group) is 1. The van der Waals surface area contributed by atoms with Crippen molar-refractivity contribution in [3.8, 4) is 0 Å². The second-order valence-electron chi connectivity index (χ2n) is 6.36. The summed E-state index contributed by atoms with van der Waals surface area (Å²) in [6, 6.07) is 17.7. The van der Waals surface area contributed by atoms with Gasteiger partial charge >= 0.3 is 0 Å². The molecule has 1 N–H and O–H groups in total. The molecule has 0 spiro atoms. The smallest absolute Gasteiger partial charge is 0.0401 e. The summed E-state index contributed by atoms with van der Waals surface area (Å²) in [5, 5.41) is 3.52. The lowest BCUT2D eigenvalue weighted by Gasteiger charge is -2.34. The number of anilines is 2. The van der Waals surface area contributed by atoms with Gasteiger partial charge in [0.25, 0.3) is 0 Å². The highest BCUT2D eigenvalue weighted by molar-refractivity contribution is 5.51. The molecule has 3 nitrogen and oxygen atoms in total. The maximum absolute atomic E-state index is 3.52. The first-order valence-corrected chi connectivity index (χ1v) is 8.60. The molecule has 2 aromatic rings. The van der Waals surface area contributed by atoms with E-state index in [-0.39, 0.29) is 0 Å². The molecule has 1 saturated heterocycles. The van der Waals surface area contributed by atoms with E-state index in [1.807, 2.05) is 0 Å². The number of piperazine rings is 1. The normalized spacial score (nSPS) is 15.7. The van der Waals surface area contributed by atoms with Crippen LogP contribution in [0.1, 0.15) is 18.1 Å². The van der Waals surface area contributed by atoms with E-state index >= 15 is 0 Å². The zero-order valence-electron chi connectivity index (χ0n) is 14.3. The first-order chi connectivity index (χ1) is 11.2. The average molecular weight is 309 g/mol. The van der Waals surface area contributed by atoms with Crippen LogP contribution in [-0.4, -0.2) is 38.1 Å². The lowest BCUT2D eigenvalue weighted by molar-refractivity contribution is 0.313. The lowest BCUT2D eigenvalue weighted by atomic mass is 10.1. The predicted molar refractivity (Wildman–Crippen MR) is 99.3 cm³/mol. The Morgan fingerprint density at radius 3 is 2.35 bits per heavy atom. The Balaban J connectivity index is 1.60. The van der Waals surface area contributed by atoms with Gasteiger partial charge in [-0.3, -0.25) is 0 Å². The standard InChI is InChI=1S/C20H27N3/c1-3-17-7-9-19(10-8-17)21-16-18-5-4-6-20(15-18)23-13-11-22(2)12-14-23/h4-10,15,21H,3,11-14,16H2,1-2H3. The van der Waals surface area contributed by atoms with Crippen LogP contribution in [0.2, 0.25) is 0 Å². The molecular formula is C20H27N3. The molecule has 2 aromatic carbocycles. The van der Waals surface area contributed by atoms with Crippen LogP contribution in [0.25, 0.3) is 0 Å². The minimum absolute atomic E-state index is 0.868. The SMILES string of the molecule is CCc1ccc(NCc2cccc(N3CCN(C)CC3)c2)cc1. The molecule has 0 unspecified atom stereocenters. The Morgan fingerprint density at radius 2 is 1.65 bits per heavy atom. The van der Waals surface area contributed by atoms with Crippen molar-refractivity contribution < 1.29 is 0 Å². The number of benzene rings is 2. The first kappa shape index (κ1) is 15.9. The van der Waals surface area contributed by atoms with E-state index in [1.54, 1.807) is 0 Å². The Kier molecular flexibility index (Phi) is 5.19. The number of hydrogen-bond acceptors (Lipinski definition) is 3. The van der Waals surface area contributed by atoms with Gasteiger partial charge in [-0.05, 0) is 48.9 Å². The average Bonchev–Trinajstić information content (AvgIpc) is 2.61. The molecular weight excluding hydrogens is 282 g/mol. The Hall–Kier alpha value is -2.00. The minimum atomic E-state index is 0.868. The summed E-state index contributed by atoms with van der Waals surface area (Å²) in [6.45, 7) is 7.58. The van der Waals surface area contributed by atoms with Crippen molar-refractivity contribution >= 4 is 11.4 Å². The van der Waals surface area contributed by atoms with Gasteiger partial charge in [-0.1, -0.05) is 31.2 Å². The van der Waals surface area contributed by atoms with E-state index in [1.165, 1.54) is 22.5 Å². The van der Waals surface area contributed by atoms with Crippen molar-refractivity contribution in [2.24, 2.45) is 0 Å². The monoisotopic (exact) mass is 309 g/mol. The molecule has 0 aromatic heterocycles. The quantitative estimate of drug-likeness (QED) is 0.910. The molecule has 0 atom stereocenters. The number of hydrogen-bond donors (Lipinski definition) is 1. The van der Waals surface area contributed by atoms with Gasteiger partial charge in [0, 0.05) is 44.1 Å². The highest BCUT2D eigenvalue weighted by Crippen LogP contribution is 2.19. The Labute approximate surface area is 139 Å². The van der Waals surface area contributed by atoms with Crippen molar-refractivity contribution in [3.63, 3.8) is 0 Å². The zero-order chi connectivity index (χ0) is 16.1. The molecule has 122 valence electrons. The van der Waals surface area contributed by atoms with Crippen LogP contribution < -0.4 is 10.2 Å². The van der Waals surface area contributed by atoms with Crippen molar-refractivity contribution in [2.75, 3.05) is 43.4 Å². The zero-order valence-corrected chi connectivity index (χ0v) is 14.3. The van der Waals surface area contributed by atoms with Gasteiger partial charge in [-0.2, -0.15) is 0 Å². The second kappa shape index (κ2) is 7.51. The second-order valence-corrected chi connectivity index (χ2v) is 6.36. The molecule has 0 radical (unpaired) electrons. The van der Waals surface area contributed by atoms with E-state index in [4.69, 9.17) is 0 Å². The van der Waals surface area contributed by atoms with Gasteiger partial charge < -0.3 is 15.1 Å². The van der Waals surface area contributed by atoms with Crippen LogP contribution in [-0.2, 0) is 13.0 Å². The van der Waals surface area contributed by atoms with E-state index in [0.29, 0.717) is 0 Å². The number of nitrogens with one attached hydrogen (secondary N) is 1. The fourth-order valence-corrected chi connectivity index (χ4v) is 2.99. The van der Waals surface area contributed by atoms with E-state index in [0.717, 1.165) is 39.1 Å². The molecule has 1 aliphatic heterocycles. The van der Waals surface area contributed by atoms with E-state index in [2.05, 4.69) is 77.6 Å². The summed E-state index contributed by atoms with van der Waals surface area (Å²) in [4.78, 5) is 4.88. The number of aryl methyl sites for hydroxylation is 1. The lowest BCUT2D eigenvalue weighted by Crippen LogP contribution is -2.44. The summed E-state index contributed by atoms with van der Waals surface area (Å²) in [5.41, 5.74) is 5.25. The van der Waals surface area contributed by atoms with Crippen LogP contribution in [0, 0.1) is 0 Å². The van der Waals surface area contributed by atoms with Gasteiger partial charge in [0.2, 0.25) is 0 Å². The van der Waals surface area contributed by atoms with Gasteiger partial charge in [0.15, 0.2) is 0 Å². The van der Waals surface area contributed by atoms with Gasteiger partial charge in [-0.15, -0.1) is 0 Å². The van der Waals surface area contributed by atoms with Crippen molar-refractivity contribution in [2.45, 2.75) is 19.9 Å². The van der Waals surface area contributed by atoms with Crippen LogP contribution >= 0.6 is 0 Å². The third kappa shape index (κ3) is 4.26. The fraction of sp³-hybridized carbons (Fsp3) is 0.400. The number of rotatable bonds is 5. The number of nitrogens with zero attached hydrogens (tertiary/aromatic N) is 2. The topological polar surface area (TPSA) is 18.5 Å². The maximum Gasteiger partial charge on any atom is 0.0401 e. The van der Waals surface area contributed by atoms with Crippen LogP contribution in [0.4, 0.5) is 11.4 Å². The highest BCUT2D eigenvalue weighted by Gasteiger charge is 2.14. The summed E-state index contributed by atoms with van der Waals surface area (Å²) < 4.78 is 0. The highest BCUT2D eigenvalue weighted by atomic mass is 15.2. The molecule has 1 fully saturated rings. The van der Waals surface area contributed by atoms with Crippen molar-refractivity contribution in [3.05, 3.63) is 59.7 Å². The molecule has 3 heteroatoms. The third-order valence-electron chi connectivity index (χ3n) is 4.64. The molecule has 3 rings (SSSR count). The minimum Gasteiger partial charge on any atom is -0.381 e. The molecule has 0 saturated carbocycles. The Morgan fingerprint density at radius 1 is 0.913 bits per heavy atom. The van der Waals surface area contributed by atoms with Gasteiger partial charge in [0.05, 0.1) is 0 Å². The maximum atomic E-state index is 3.52. The van der Waals surface area contributed by atoms with Crippen LogP contribution in [0.15, 0.2) is 48.5 Å². The Bertz CT molecular complexity index is 613. The van der Waals surface area contributed by atoms with Crippen LogP contribution in [0.5, 0.6) is 0 Å². The first-order valence-electron chi connectivity index (χ1n) is 8.60. The largest absolute Gasteiger partial charge is 0.381 e. The molecule has 1 heterocycles. The predicted octanol–water partition coefficient (Wildman–Crippen LogP) is 3.61. The summed E-state index contributed by atoms with van der Waals surface area (Å²) in [5.74, 6) is 0. The molecule has 0 aliphatic carbocycles. The summed E-state index contributed by atoms with van der Waals surface area (Å²) >= 11 is 0. The van der Waals surface area contributed by atoms with Gasteiger partial charge in [-0.25, -0.2) is 0 Å². The van der Waals surface area contributed by atoms with Gasteiger partial charge in [0.1, 0.15) is 0 Å². The van der Waals surface area contributed by atoms with Crippen molar-refractivity contribution in [1.82, 2.24) is 4.90 Å². The molecule has 1 aliphatic rings.